The summed E-state index contributed by atoms with van der Waals surface area (Å²) in [7, 11) is 0. The molecule has 0 radical (unpaired) electrons. The van der Waals surface area contributed by atoms with E-state index in [0.717, 1.165) is 23.3 Å². The largest absolute Gasteiger partial charge is 0.452 e. The number of esters is 1. The van der Waals surface area contributed by atoms with Crippen molar-refractivity contribution < 1.29 is 23.6 Å². The van der Waals surface area contributed by atoms with Crippen molar-refractivity contribution in [2.75, 3.05) is 11.9 Å². The maximum absolute atomic E-state index is 13.2. The first-order valence-electron chi connectivity index (χ1n) is 7.26. The number of anilines is 1. The number of hydrogen-bond acceptors (Lipinski definition) is 5. The second-order valence-corrected chi connectivity index (χ2v) is 5.35. The van der Waals surface area contributed by atoms with Crippen LogP contribution in [0.15, 0.2) is 36.4 Å². The molecule has 1 amide bonds. The molecule has 130 valence electrons. The molecule has 0 aliphatic heterocycles. The van der Waals surface area contributed by atoms with Gasteiger partial charge in [-0.25, -0.2) is 4.79 Å². The monoisotopic (exact) mass is 346 g/mol. The quantitative estimate of drug-likeness (QED) is 0.509. The van der Waals surface area contributed by atoms with Crippen LogP contribution >= 0.6 is 0 Å². The van der Waals surface area contributed by atoms with Crippen LogP contribution in [-0.2, 0) is 9.53 Å². The zero-order valence-corrected chi connectivity index (χ0v) is 13.5. The Hall–Kier alpha value is -3.29. The van der Waals surface area contributed by atoms with Gasteiger partial charge in [0.15, 0.2) is 6.61 Å². The molecule has 0 saturated heterocycles. The molecular weight excluding hydrogens is 331 g/mol. The number of nitrogens with one attached hydrogen (secondary N) is 1. The fourth-order valence-corrected chi connectivity index (χ4v) is 2.01. The second-order valence-electron chi connectivity index (χ2n) is 5.35. The Balaban J connectivity index is 1.96. The maximum atomic E-state index is 13.2. The van der Waals surface area contributed by atoms with Crippen molar-refractivity contribution in [2.24, 2.45) is 0 Å². The van der Waals surface area contributed by atoms with Gasteiger partial charge in [0.2, 0.25) is 5.82 Å². The van der Waals surface area contributed by atoms with Crippen LogP contribution < -0.4 is 5.32 Å². The van der Waals surface area contributed by atoms with Gasteiger partial charge in [0.25, 0.3) is 5.91 Å². The first-order chi connectivity index (χ1) is 11.8. The predicted octanol–water partition coefficient (Wildman–Crippen LogP) is 3.15. The Kier molecular flexibility index (Phi) is 5.43. The highest BCUT2D eigenvalue weighted by Gasteiger charge is 2.16. The summed E-state index contributed by atoms with van der Waals surface area (Å²) in [4.78, 5) is 33.5. The minimum absolute atomic E-state index is 0.0281. The number of halogens is 1. The molecular formula is C17H15FN2O5. The SMILES string of the molecule is Cc1ccc(C(=O)OCC(=O)Nc2ccc(F)c([N+](=O)[O-])c2)cc1C. The molecule has 0 saturated carbocycles. The fourth-order valence-electron chi connectivity index (χ4n) is 2.01. The summed E-state index contributed by atoms with van der Waals surface area (Å²) >= 11 is 0. The molecule has 2 aromatic rings. The van der Waals surface area contributed by atoms with Gasteiger partial charge >= 0.3 is 11.7 Å². The zero-order chi connectivity index (χ0) is 18.6. The summed E-state index contributed by atoms with van der Waals surface area (Å²) in [5, 5.41) is 13.0. The van der Waals surface area contributed by atoms with Gasteiger partial charge < -0.3 is 10.1 Å². The number of nitro benzene ring substituents is 1. The number of carbonyl (C=O) groups excluding carboxylic acids is 2. The van der Waals surface area contributed by atoms with Gasteiger partial charge in [-0.3, -0.25) is 14.9 Å². The summed E-state index contributed by atoms with van der Waals surface area (Å²) in [5.74, 6) is -2.37. The van der Waals surface area contributed by atoms with Crippen molar-refractivity contribution >= 4 is 23.3 Å². The Morgan fingerprint density at radius 2 is 1.88 bits per heavy atom. The molecule has 8 heteroatoms. The highest BCUT2D eigenvalue weighted by molar-refractivity contribution is 5.95. The smallest absolute Gasteiger partial charge is 0.338 e. The minimum Gasteiger partial charge on any atom is -0.452 e. The first-order valence-corrected chi connectivity index (χ1v) is 7.26. The number of hydrogen-bond donors (Lipinski definition) is 1. The van der Waals surface area contributed by atoms with E-state index in [-0.39, 0.29) is 5.69 Å². The lowest BCUT2D eigenvalue weighted by Gasteiger charge is -2.08. The van der Waals surface area contributed by atoms with Crippen LogP contribution in [0, 0.1) is 29.8 Å². The molecule has 0 spiro atoms. The van der Waals surface area contributed by atoms with Gasteiger partial charge in [0, 0.05) is 11.8 Å². The van der Waals surface area contributed by atoms with Crippen LogP contribution in [-0.4, -0.2) is 23.4 Å². The summed E-state index contributed by atoms with van der Waals surface area (Å²) in [6.07, 6.45) is 0. The molecule has 0 heterocycles. The highest BCUT2D eigenvalue weighted by atomic mass is 19.1. The van der Waals surface area contributed by atoms with E-state index in [4.69, 9.17) is 4.74 Å². The average Bonchev–Trinajstić information content (AvgIpc) is 2.56. The van der Waals surface area contributed by atoms with E-state index in [1.165, 1.54) is 6.07 Å². The number of nitrogens with zero attached hydrogens (tertiary/aromatic N) is 1. The van der Waals surface area contributed by atoms with E-state index >= 15 is 0 Å². The van der Waals surface area contributed by atoms with Crippen molar-refractivity contribution in [1.82, 2.24) is 0 Å². The number of amides is 1. The molecule has 0 aromatic heterocycles. The third kappa shape index (κ3) is 4.60. The lowest BCUT2D eigenvalue weighted by atomic mass is 10.1. The lowest BCUT2D eigenvalue weighted by molar-refractivity contribution is -0.387. The molecule has 0 fully saturated rings. The van der Waals surface area contributed by atoms with E-state index in [1.807, 2.05) is 13.8 Å². The van der Waals surface area contributed by atoms with Crippen molar-refractivity contribution in [3.05, 3.63) is 69.0 Å². The van der Waals surface area contributed by atoms with Crippen LogP contribution in [0.1, 0.15) is 21.5 Å². The molecule has 2 rings (SSSR count). The molecule has 0 bridgehead atoms. The standard InChI is InChI=1S/C17H15FN2O5/c1-10-3-4-12(7-11(10)2)17(22)25-9-16(21)19-13-5-6-14(18)15(8-13)20(23)24/h3-8H,9H2,1-2H3,(H,19,21). The van der Waals surface area contributed by atoms with Gasteiger partial charge in [-0.1, -0.05) is 6.07 Å². The summed E-state index contributed by atoms with van der Waals surface area (Å²) in [5.41, 5.74) is 1.52. The Bertz CT molecular complexity index is 851. The van der Waals surface area contributed by atoms with E-state index in [9.17, 15) is 24.1 Å². The maximum Gasteiger partial charge on any atom is 0.338 e. The molecule has 0 unspecified atom stereocenters. The number of aryl methyl sites for hydroxylation is 2. The second kappa shape index (κ2) is 7.52. The van der Waals surface area contributed by atoms with E-state index in [0.29, 0.717) is 5.56 Å². The van der Waals surface area contributed by atoms with E-state index < -0.39 is 34.9 Å². The molecule has 0 aliphatic rings. The van der Waals surface area contributed by atoms with Gasteiger partial charge in [-0.15, -0.1) is 0 Å². The molecule has 2 aromatic carbocycles. The van der Waals surface area contributed by atoms with Crippen molar-refractivity contribution in [2.45, 2.75) is 13.8 Å². The van der Waals surface area contributed by atoms with Crippen molar-refractivity contribution in [1.29, 1.82) is 0 Å². The van der Waals surface area contributed by atoms with E-state index in [1.54, 1.807) is 18.2 Å². The van der Waals surface area contributed by atoms with Crippen LogP contribution in [0.25, 0.3) is 0 Å². The summed E-state index contributed by atoms with van der Waals surface area (Å²) in [6.45, 7) is 3.18. The molecule has 0 atom stereocenters. The third-order valence-corrected chi connectivity index (χ3v) is 3.50. The minimum atomic E-state index is -1.01. The molecule has 25 heavy (non-hydrogen) atoms. The topological polar surface area (TPSA) is 98.5 Å². The van der Waals surface area contributed by atoms with Crippen LogP contribution in [0.3, 0.4) is 0 Å². The van der Waals surface area contributed by atoms with Crippen molar-refractivity contribution in [3.63, 3.8) is 0 Å². The van der Waals surface area contributed by atoms with Gasteiger partial charge in [-0.05, 0) is 49.2 Å². The first kappa shape index (κ1) is 18.1. The zero-order valence-electron chi connectivity index (χ0n) is 13.5. The van der Waals surface area contributed by atoms with Crippen LogP contribution in [0.5, 0.6) is 0 Å². The van der Waals surface area contributed by atoms with Gasteiger partial charge in [0.1, 0.15) is 0 Å². The molecule has 0 aliphatic carbocycles. The Labute approximate surface area is 142 Å². The molecule has 1 N–H and O–H groups in total. The lowest BCUT2D eigenvalue weighted by Crippen LogP contribution is -2.21. The van der Waals surface area contributed by atoms with Crippen molar-refractivity contribution in [3.8, 4) is 0 Å². The summed E-state index contributed by atoms with van der Waals surface area (Å²) in [6, 6.07) is 7.94. The summed E-state index contributed by atoms with van der Waals surface area (Å²) < 4.78 is 18.1. The van der Waals surface area contributed by atoms with Crippen LogP contribution in [0.4, 0.5) is 15.8 Å². The predicted molar refractivity (Wildman–Crippen MR) is 87.9 cm³/mol. The Morgan fingerprint density at radius 3 is 2.52 bits per heavy atom. The van der Waals surface area contributed by atoms with E-state index in [2.05, 4.69) is 5.32 Å². The van der Waals surface area contributed by atoms with Gasteiger partial charge in [0.05, 0.1) is 10.5 Å². The number of rotatable bonds is 5. The van der Waals surface area contributed by atoms with Crippen LogP contribution in [0.2, 0.25) is 0 Å². The fraction of sp³-hybridized carbons (Fsp3) is 0.176. The average molecular weight is 346 g/mol. The molecule has 7 nitrogen and oxygen atoms in total. The number of benzene rings is 2. The number of ether oxygens (including phenoxy) is 1. The number of carbonyl (C=O) groups is 2. The Morgan fingerprint density at radius 1 is 1.16 bits per heavy atom. The van der Waals surface area contributed by atoms with Gasteiger partial charge in [-0.2, -0.15) is 4.39 Å². The third-order valence-electron chi connectivity index (χ3n) is 3.50. The highest BCUT2D eigenvalue weighted by Crippen LogP contribution is 2.21. The number of nitro groups is 1. The normalized spacial score (nSPS) is 10.2.